The number of nitrogens with zero attached hydrogens (tertiary/aromatic N) is 1. The van der Waals surface area contributed by atoms with Crippen LogP contribution in [0, 0.1) is 5.92 Å². The van der Waals surface area contributed by atoms with Gasteiger partial charge in [-0.25, -0.2) is 0 Å². The molecular weight excluding hydrogens is 126 g/mol. The molecule has 0 aliphatic carbocycles. The molecule has 0 radical (unpaired) electrons. The maximum Gasteiger partial charge on any atom is 0.0468 e. The minimum atomic E-state index is 0.302. The predicted molar refractivity (Wildman–Crippen MR) is 44.0 cm³/mol. The summed E-state index contributed by atoms with van der Waals surface area (Å²) in [6, 6.07) is 0. The molecule has 0 aliphatic heterocycles. The molecule has 2 nitrogen and oxygen atoms in total. The highest BCUT2D eigenvalue weighted by atomic mass is 16.3. The molecule has 0 rings (SSSR count). The molecule has 0 heterocycles. The van der Waals surface area contributed by atoms with Gasteiger partial charge in [0.05, 0.1) is 0 Å². The Kier molecular flexibility index (Phi) is 5.64. The van der Waals surface area contributed by atoms with Gasteiger partial charge in [0, 0.05) is 13.2 Å². The molecule has 0 aromatic carbocycles. The highest BCUT2D eigenvalue weighted by Crippen LogP contribution is 1.97. The molecule has 0 bridgehead atoms. The Morgan fingerprint density at radius 1 is 1.30 bits per heavy atom. The molecular formula is C8H19NO. The lowest BCUT2D eigenvalue weighted by Gasteiger charge is -2.20. The van der Waals surface area contributed by atoms with Crippen LogP contribution in [0.15, 0.2) is 0 Å². The van der Waals surface area contributed by atoms with Gasteiger partial charge >= 0.3 is 0 Å². The molecule has 0 aromatic heterocycles. The maximum absolute atomic E-state index is 8.75. The van der Waals surface area contributed by atoms with E-state index in [9.17, 15) is 0 Å². The van der Waals surface area contributed by atoms with E-state index < -0.39 is 0 Å². The summed E-state index contributed by atoms with van der Waals surface area (Å²) in [5.74, 6) is 0.417. The lowest BCUT2D eigenvalue weighted by Crippen LogP contribution is -2.29. The first-order valence-corrected chi connectivity index (χ1v) is 4.07. The second kappa shape index (κ2) is 5.69. The Labute approximate surface area is 63.8 Å². The molecule has 1 atom stereocenters. The zero-order valence-corrected chi connectivity index (χ0v) is 7.30. The van der Waals surface area contributed by atoms with Crippen LogP contribution in [0.3, 0.4) is 0 Å². The molecule has 1 N–H and O–H groups in total. The number of rotatable bonds is 5. The minimum absolute atomic E-state index is 0.302. The fourth-order valence-corrected chi connectivity index (χ4v) is 0.980. The Hall–Kier alpha value is -0.0800. The van der Waals surface area contributed by atoms with Crippen LogP contribution in [0.1, 0.15) is 20.8 Å². The van der Waals surface area contributed by atoms with Crippen molar-refractivity contribution in [1.82, 2.24) is 4.90 Å². The summed E-state index contributed by atoms with van der Waals surface area (Å²) in [5, 5.41) is 8.75. The minimum Gasteiger partial charge on any atom is -0.396 e. The molecule has 1 unspecified atom stereocenters. The van der Waals surface area contributed by atoms with E-state index in [1.165, 1.54) is 0 Å². The molecule has 0 amide bonds. The van der Waals surface area contributed by atoms with Gasteiger partial charge in [-0.3, -0.25) is 0 Å². The number of hydrogen-bond acceptors (Lipinski definition) is 2. The Morgan fingerprint density at radius 2 is 1.80 bits per heavy atom. The van der Waals surface area contributed by atoms with Crippen LogP contribution in [-0.4, -0.2) is 36.2 Å². The monoisotopic (exact) mass is 145 g/mol. The molecule has 10 heavy (non-hydrogen) atoms. The van der Waals surface area contributed by atoms with Gasteiger partial charge in [-0.2, -0.15) is 0 Å². The Bertz CT molecular complexity index is 71.7. The van der Waals surface area contributed by atoms with Gasteiger partial charge in [-0.05, 0) is 19.0 Å². The molecule has 0 spiro atoms. The van der Waals surface area contributed by atoms with E-state index >= 15 is 0 Å². The molecule has 0 aromatic rings. The summed E-state index contributed by atoms with van der Waals surface area (Å²) in [5.41, 5.74) is 0. The van der Waals surface area contributed by atoms with Crippen LogP contribution in [0.5, 0.6) is 0 Å². The summed E-state index contributed by atoms with van der Waals surface area (Å²) in [4.78, 5) is 2.32. The van der Waals surface area contributed by atoms with Crippen molar-refractivity contribution in [2.24, 2.45) is 5.92 Å². The van der Waals surface area contributed by atoms with Crippen LogP contribution >= 0.6 is 0 Å². The quantitative estimate of drug-likeness (QED) is 0.623. The van der Waals surface area contributed by atoms with E-state index in [0.717, 1.165) is 19.6 Å². The molecule has 62 valence electrons. The van der Waals surface area contributed by atoms with E-state index in [1.807, 2.05) is 0 Å². The van der Waals surface area contributed by atoms with Crippen LogP contribution in [0.4, 0.5) is 0 Å². The maximum atomic E-state index is 8.75. The Balaban J connectivity index is 3.41. The summed E-state index contributed by atoms with van der Waals surface area (Å²) in [6.45, 7) is 9.85. The highest BCUT2D eigenvalue weighted by Gasteiger charge is 2.04. The SMILES string of the molecule is CCN(CC)CC(C)CO. The van der Waals surface area contributed by atoms with E-state index in [4.69, 9.17) is 5.11 Å². The van der Waals surface area contributed by atoms with E-state index in [0.29, 0.717) is 12.5 Å². The van der Waals surface area contributed by atoms with Gasteiger partial charge in [-0.1, -0.05) is 20.8 Å². The lowest BCUT2D eigenvalue weighted by molar-refractivity contribution is 0.181. The highest BCUT2D eigenvalue weighted by molar-refractivity contribution is 4.57. The fraction of sp³-hybridized carbons (Fsp3) is 1.00. The molecule has 0 saturated carbocycles. The van der Waals surface area contributed by atoms with Gasteiger partial charge in [0.2, 0.25) is 0 Å². The van der Waals surface area contributed by atoms with Crippen LogP contribution in [0.25, 0.3) is 0 Å². The average Bonchev–Trinajstić information content (AvgIpc) is 1.99. The standard InChI is InChI=1S/C8H19NO/c1-4-9(5-2)6-8(3)7-10/h8,10H,4-7H2,1-3H3. The third kappa shape index (κ3) is 3.85. The smallest absolute Gasteiger partial charge is 0.0468 e. The first kappa shape index (κ1) is 9.92. The lowest BCUT2D eigenvalue weighted by atomic mass is 10.2. The van der Waals surface area contributed by atoms with E-state index in [2.05, 4.69) is 25.7 Å². The average molecular weight is 145 g/mol. The van der Waals surface area contributed by atoms with Gasteiger partial charge in [0.15, 0.2) is 0 Å². The van der Waals surface area contributed by atoms with Crippen molar-refractivity contribution < 1.29 is 5.11 Å². The van der Waals surface area contributed by atoms with Crippen molar-refractivity contribution >= 4 is 0 Å². The first-order valence-electron chi connectivity index (χ1n) is 4.07. The molecule has 2 heteroatoms. The van der Waals surface area contributed by atoms with Gasteiger partial charge in [-0.15, -0.1) is 0 Å². The van der Waals surface area contributed by atoms with Crippen molar-refractivity contribution in [3.05, 3.63) is 0 Å². The summed E-state index contributed by atoms with van der Waals surface area (Å²) in [7, 11) is 0. The topological polar surface area (TPSA) is 23.5 Å². The third-order valence-corrected chi connectivity index (χ3v) is 1.78. The summed E-state index contributed by atoms with van der Waals surface area (Å²) in [6.07, 6.45) is 0. The molecule has 0 fully saturated rings. The molecule has 0 aliphatic rings. The molecule has 0 saturated heterocycles. The largest absolute Gasteiger partial charge is 0.396 e. The number of aliphatic hydroxyl groups is 1. The second-order valence-electron chi connectivity index (χ2n) is 2.77. The zero-order chi connectivity index (χ0) is 7.98. The summed E-state index contributed by atoms with van der Waals surface area (Å²) < 4.78 is 0. The van der Waals surface area contributed by atoms with E-state index in [-0.39, 0.29) is 0 Å². The number of hydrogen-bond donors (Lipinski definition) is 1. The van der Waals surface area contributed by atoms with Crippen molar-refractivity contribution in [2.75, 3.05) is 26.2 Å². The van der Waals surface area contributed by atoms with Crippen molar-refractivity contribution in [2.45, 2.75) is 20.8 Å². The van der Waals surface area contributed by atoms with Gasteiger partial charge in [0.25, 0.3) is 0 Å². The van der Waals surface area contributed by atoms with Crippen molar-refractivity contribution in [3.63, 3.8) is 0 Å². The van der Waals surface area contributed by atoms with Crippen molar-refractivity contribution in [1.29, 1.82) is 0 Å². The van der Waals surface area contributed by atoms with Crippen molar-refractivity contribution in [3.8, 4) is 0 Å². The second-order valence-corrected chi connectivity index (χ2v) is 2.77. The van der Waals surface area contributed by atoms with Crippen LogP contribution in [0.2, 0.25) is 0 Å². The first-order chi connectivity index (χ1) is 4.74. The van der Waals surface area contributed by atoms with Crippen LogP contribution < -0.4 is 0 Å². The predicted octanol–water partition coefficient (Wildman–Crippen LogP) is 0.957. The zero-order valence-electron chi connectivity index (χ0n) is 7.30. The fourth-order valence-electron chi connectivity index (χ4n) is 0.980. The normalized spacial score (nSPS) is 14.1. The van der Waals surface area contributed by atoms with Crippen LogP contribution in [-0.2, 0) is 0 Å². The van der Waals surface area contributed by atoms with Gasteiger partial charge < -0.3 is 10.0 Å². The third-order valence-electron chi connectivity index (χ3n) is 1.78. The number of aliphatic hydroxyl groups excluding tert-OH is 1. The van der Waals surface area contributed by atoms with E-state index in [1.54, 1.807) is 0 Å². The Morgan fingerprint density at radius 3 is 2.10 bits per heavy atom. The van der Waals surface area contributed by atoms with Gasteiger partial charge in [0.1, 0.15) is 0 Å². The summed E-state index contributed by atoms with van der Waals surface area (Å²) >= 11 is 0.